The molecule has 1 amide bonds. The predicted octanol–water partition coefficient (Wildman–Crippen LogP) is 3.03. The van der Waals surface area contributed by atoms with E-state index in [1.54, 1.807) is 6.07 Å². The zero-order chi connectivity index (χ0) is 15.9. The molecule has 0 spiro atoms. The number of benzene rings is 1. The number of fused-ring (bicyclic) bond motifs is 1. The van der Waals surface area contributed by atoms with Gasteiger partial charge in [-0.2, -0.15) is 5.26 Å². The van der Waals surface area contributed by atoms with E-state index in [0.717, 1.165) is 16.0 Å². The van der Waals surface area contributed by atoms with Gasteiger partial charge in [-0.15, -0.1) is 11.3 Å². The van der Waals surface area contributed by atoms with Gasteiger partial charge in [0, 0.05) is 16.3 Å². The fourth-order valence-electron chi connectivity index (χ4n) is 3.15. The van der Waals surface area contributed by atoms with Crippen molar-refractivity contribution in [2.24, 2.45) is 5.73 Å². The minimum atomic E-state index is -0.683. The van der Waals surface area contributed by atoms with E-state index in [9.17, 15) is 10.1 Å². The number of amides is 1. The Hall–Kier alpha value is -2.03. The lowest BCUT2D eigenvalue weighted by atomic mass is 9.70. The van der Waals surface area contributed by atoms with Gasteiger partial charge in [-0.25, -0.2) is 0 Å². The highest BCUT2D eigenvalue weighted by Crippen LogP contribution is 2.45. The topological polar surface area (TPSA) is 92.9 Å². The average Bonchev–Trinajstić information content (AvgIpc) is 2.82. The minimum absolute atomic E-state index is 0.422. The standard InChI is InChI=1S/C16H14ClN3OS/c17-11-4-2-1-3-10(11)16(8-18)6-5-9-12(7-16)22-15(20)13(9)14(19)21/h1-4H,5-7,20H2,(H2,19,21). The molecule has 1 aliphatic carbocycles. The van der Waals surface area contributed by atoms with Gasteiger partial charge in [0.1, 0.15) is 0 Å². The summed E-state index contributed by atoms with van der Waals surface area (Å²) in [7, 11) is 0. The second-order valence-corrected chi connectivity index (χ2v) is 7.00. The number of thiophene rings is 1. The first-order valence-electron chi connectivity index (χ1n) is 6.84. The van der Waals surface area contributed by atoms with Crippen LogP contribution >= 0.6 is 22.9 Å². The molecule has 0 bridgehead atoms. The summed E-state index contributed by atoms with van der Waals surface area (Å²) in [5.74, 6) is -0.503. The van der Waals surface area contributed by atoms with E-state index in [1.165, 1.54) is 11.3 Å². The lowest BCUT2D eigenvalue weighted by Crippen LogP contribution is -2.32. The summed E-state index contributed by atoms with van der Waals surface area (Å²) < 4.78 is 0. The first-order valence-corrected chi connectivity index (χ1v) is 8.04. The van der Waals surface area contributed by atoms with Crippen LogP contribution in [0.3, 0.4) is 0 Å². The molecular formula is C16H14ClN3OS. The first kappa shape index (κ1) is 14.9. The van der Waals surface area contributed by atoms with Crippen LogP contribution in [0.5, 0.6) is 0 Å². The fourth-order valence-corrected chi connectivity index (χ4v) is 4.70. The van der Waals surface area contributed by atoms with Crippen molar-refractivity contribution in [3.05, 3.63) is 50.9 Å². The molecule has 4 N–H and O–H groups in total. The highest BCUT2D eigenvalue weighted by atomic mass is 35.5. The molecule has 0 saturated carbocycles. The van der Waals surface area contributed by atoms with E-state index in [0.29, 0.717) is 34.8 Å². The molecular weight excluding hydrogens is 318 g/mol. The van der Waals surface area contributed by atoms with Gasteiger partial charge in [0.05, 0.1) is 22.0 Å². The number of halogens is 1. The molecule has 1 atom stereocenters. The largest absolute Gasteiger partial charge is 0.390 e. The van der Waals surface area contributed by atoms with Crippen LogP contribution in [0.25, 0.3) is 0 Å². The molecule has 1 aromatic heterocycles. The number of anilines is 1. The van der Waals surface area contributed by atoms with Crippen molar-refractivity contribution in [3.8, 4) is 6.07 Å². The number of carbonyl (C=O) groups excluding carboxylic acids is 1. The number of hydrogen-bond acceptors (Lipinski definition) is 4. The summed E-state index contributed by atoms with van der Waals surface area (Å²) in [4.78, 5) is 12.5. The van der Waals surface area contributed by atoms with Crippen LogP contribution in [-0.2, 0) is 18.3 Å². The van der Waals surface area contributed by atoms with E-state index in [2.05, 4.69) is 6.07 Å². The number of carbonyl (C=O) groups is 1. The first-order chi connectivity index (χ1) is 10.5. The second kappa shape index (κ2) is 5.31. The molecule has 4 nitrogen and oxygen atoms in total. The number of nitriles is 1. The van der Waals surface area contributed by atoms with E-state index in [4.69, 9.17) is 23.1 Å². The number of hydrogen-bond donors (Lipinski definition) is 2. The quantitative estimate of drug-likeness (QED) is 0.885. The van der Waals surface area contributed by atoms with Gasteiger partial charge in [0.25, 0.3) is 5.91 Å². The normalized spacial score (nSPS) is 20.2. The Balaban J connectivity index is 2.10. The zero-order valence-electron chi connectivity index (χ0n) is 11.7. The van der Waals surface area contributed by atoms with Crippen LogP contribution in [-0.4, -0.2) is 5.91 Å². The van der Waals surface area contributed by atoms with Gasteiger partial charge in [0.2, 0.25) is 0 Å². The van der Waals surface area contributed by atoms with E-state index >= 15 is 0 Å². The van der Waals surface area contributed by atoms with Crippen molar-refractivity contribution < 1.29 is 4.79 Å². The van der Waals surface area contributed by atoms with E-state index in [-0.39, 0.29) is 0 Å². The zero-order valence-corrected chi connectivity index (χ0v) is 13.3. The Bertz CT molecular complexity index is 808. The summed E-state index contributed by atoms with van der Waals surface area (Å²) in [5.41, 5.74) is 12.8. The van der Waals surface area contributed by atoms with Crippen LogP contribution in [0.1, 0.15) is 32.8 Å². The maximum atomic E-state index is 11.6. The van der Waals surface area contributed by atoms with Gasteiger partial charge in [-0.05, 0) is 30.0 Å². The third-order valence-electron chi connectivity index (χ3n) is 4.23. The smallest absolute Gasteiger partial charge is 0.251 e. The minimum Gasteiger partial charge on any atom is -0.390 e. The van der Waals surface area contributed by atoms with Crippen LogP contribution in [0, 0.1) is 11.3 Å². The molecule has 2 aromatic rings. The summed E-state index contributed by atoms with van der Waals surface area (Å²) in [6, 6.07) is 9.85. The summed E-state index contributed by atoms with van der Waals surface area (Å²) in [6.07, 6.45) is 1.70. The second-order valence-electron chi connectivity index (χ2n) is 5.46. The molecule has 0 aliphatic heterocycles. The summed E-state index contributed by atoms with van der Waals surface area (Å²) >= 11 is 7.64. The van der Waals surface area contributed by atoms with Crippen LogP contribution in [0.2, 0.25) is 5.02 Å². The molecule has 6 heteroatoms. The van der Waals surface area contributed by atoms with Crippen molar-refractivity contribution in [1.82, 2.24) is 0 Å². The van der Waals surface area contributed by atoms with Crippen molar-refractivity contribution in [2.45, 2.75) is 24.7 Å². The maximum absolute atomic E-state index is 11.6. The average molecular weight is 332 g/mol. The van der Waals surface area contributed by atoms with Crippen molar-refractivity contribution >= 4 is 33.8 Å². The molecule has 0 saturated heterocycles. The van der Waals surface area contributed by atoms with Gasteiger partial charge in [-0.1, -0.05) is 29.8 Å². The molecule has 0 radical (unpaired) electrons. The predicted molar refractivity (Wildman–Crippen MR) is 88.0 cm³/mol. The molecule has 1 heterocycles. The maximum Gasteiger partial charge on any atom is 0.251 e. The fraction of sp³-hybridized carbons (Fsp3) is 0.250. The molecule has 112 valence electrons. The molecule has 0 fully saturated rings. The number of nitrogen functional groups attached to an aromatic ring is 1. The van der Waals surface area contributed by atoms with Crippen molar-refractivity contribution in [3.63, 3.8) is 0 Å². The Morgan fingerprint density at radius 3 is 2.77 bits per heavy atom. The van der Waals surface area contributed by atoms with Crippen LogP contribution < -0.4 is 11.5 Å². The summed E-state index contributed by atoms with van der Waals surface area (Å²) in [5, 5.41) is 10.8. The number of rotatable bonds is 2. The Kier molecular flexibility index (Phi) is 3.59. The van der Waals surface area contributed by atoms with Gasteiger partial charge < -0.3 is 11.5 Å². The van der Waals surface area contributed by atoms with Gasteiger partial charge in [0.15, 0.2) is 0 Å². The molecule has 1 unspecified atom stereocenters. The monoisotopic (exact) mass is 331 g/mol. The van der Waals surface area contributed by atoms with Gasteiger partial charge >= 0.3 is 0 Å². The Morgan fingerprint density at radius 1 is 1.41 bits per heavy atom. The number of nitrogens with zero attached hydrogens (tertiary/aromatic N) is 1. The molecule has 22 heavy (non-hydrogen) atoms. The molecule has 3 rings (SSSR count). The van der Waals surface area contributed by atoms with E-state index in [1.807, 2.05) is 18.2 Å². The third-order valence-corrected chi connectivity index (χ3v) is 5.62. The van der Waals surface area contributed by atoms with Crippen LogP contribution in [0.15, 0.2) is 24.3 Å². The third kappa shape index (κ3) is 2.16. The number of nitrogens with two attached hydrogens (primary N) is 2. The SMILES string of the molecule is N#CC1(c2ccccc2Cl)CCc2c(sc(N)c2C(N)=O)C1. The van der Waals surface area contributed by atoms with Gasteiger partial charge in [-0.3, -0.25) is 4.79 Å². The highest BCUT2D eigenvalue weighted by Gasteiger charge is 2.40. The number of primary amides is 1. The lowest BCUT2D eigenvalue weighted by molar-refractivity contribution is 0.100. The molecule has 1 aliphatic rings. The van der Waals surface area contributed by atoms with Crippen LogP contribution in [0.4, 0.5) is 5.00 Å². The summed E-state index contributed by atoms with van der Waals surface area (Å²) in [6.45, 7) is 0. The molecule has 1 aromatic carbocycles. The Labute approximate surface area is 137 Å². The Morgan fingerprint density at radius 2 is 2.14 bits per heavy atom. The highest BCUT2D eigenvalue weighted by molar-refractivity contribution is 7.16. The van der Waals surface area contributed by atoms with Crippen molar-refractivity contribution in [2.75, 3.05) is 5.73 Å². The van der Waals surface area contributed by atoms with Crippen molar-refractivity contribution in [1.29, 1.82) is 5.26 Å². The van der Waals surface area contributed by atoms with E-state index < -0.39 is 11.3 Å². The lowest BCUT2D eigenvalue weighted by Gasteiger charge is -2.32.